The van der Waals surface area contributed by atoms with Gasteiger partial charge in [-0.3, -0.25) is 24.1 Å². The number of nitrogens with one attached hydrogen (secondary N) is 2. The molecule has 2 aromatic rings. The number of carbonyl (C=O) groups is 1. The van der Waals surface area contributed by atoms with Crippen LogP contribution in [0.1, 0.15) is 51.0 Å². The molecule has 0 unspecified atom stereocenters. The molecule has 1 amide bonds. The summed E-state index contributed by atoms with van der Waals surface area (Å²) < 4.78 is 1.71. The lowest BCUT2D eigenvalue weighted by Gasteiger charge is -2.15. The van der Waals surface area contributed by atoms with Crippen LogP contribution in [0.2, 0.25) is 0 Å². The molecule has 0 atom stereocenters. The number of aliphatic imine (C=N–C) groups is 1. The maximum atomic E-state index is 12.4. The van der Waals surface area contributed by atoms with E-state index in [2.05, 4.69) is 21.4 Å². The van der Waals surface area contributed by atoms with Gasteiger partial charge in [-0.05, 0) is 56.5 Å². The van der Waals surface area contributed by atoms with Gasteiger partial charge in [-0.25, -0.2) is 0 Å². The van der Waals surface area contributed by atoms with Crippen molar-refractivity contribution in [2.75, 3.05) is 5.32 Å². The normalized spacial score (nSPS) is 14.0. The van der Waals surface area contributed by atoms with E-state index in [0.29, 0.717) is 24.3 Å². The fourth-order valence-electron chi connectivity index (χ4n) is 3.35. The van der Waals surface area contributed by atoms with Crippen LogP contribution in [0.5, 0.6) is 5.88 Å². The quantitative estimate of drug-likeness (QED) is 0.342. The maximum Gasteiger partial charge on any atom is 0.264 e. The Bertz CT molecular complexity index is 1100. The van der Waals surface area contributed by atoms with Crippen LogP contribution in [0.4, 0.5) is 11.4 Å². The summed E-state index contributed by atoms with van der Waals surface area (Å²) in [5.41, 5.74) is 1.89. The zero-order chi connectivity index (χ0) is 21.5. The van der Waals surface area contributed by atoms with Crippen LogP contribution in [0.15, 0.2) is 45.7 Å². The largest absolute Gasteiger partial charge is 0.494 e. The van der Waals surface area contributed by atoms with E-state index >= 15 is 0 Å². The van der Waals surface area contributed by atoms with Crippen LogP contribution < -0.4 is 10.9 Å². The van der Waals surface area contributed by atoms with Gasteiger partial charge in [0, 0.05) is 19.2 Å². The van der Waals surface area contributed by atoms with Gasteiger partial charge < -0.3 is 10.4 Å². The number of amides is 1. The standard InChI is InChI=1S/C22H26N4O3S/c1-2-19(27)24-18-11-7-6-10-17(18)23-14-16-20(28)25-22(30)26(21(16)29)13-12-15-8-4-3-5-9-15/h6-8,10-11,14,29H,2-5,9,12-13H2,1H3,(H,24,27)(H,25,28,30). The molecule has 3 N–H and O–H groups in total. The molecule has 0 saturated heterocycles. The van der Waals surface area contributed by atoms with Crippen molar-refractivity contribution in [3.8, 4) is 5.88 Å². The molecule has 0 aliphatic heterocycles. The molecule has 1 aromatic carbocycles. The molecule has 0 spiro atoms. The summed E-state index contributed by atoms with van der Waals surface area (Å²) in [4.78, 5) is 31.0. The Balaban J connectivity index is 1.88. The molecule has 8 heteroatoms. The monoisotopic (exact) mass is 426 g/mol. The number of hydrogen-bond acceptors (Lipinski definition) is 5. The van der Waals surface area contributed by atoms with Crippen LogP contribution in [0.25, 0.3) is 0 Å². The number of carbonyl (C=O) groups excluding carboxylic acids is 1. The highest BCUT2D eigenvalue weighted by molar-refractivity contribution is 7.71. The van der Waals surface area contributed by atoms with E-state index < -0.39 is 5.56 Å². The summed E-state index contributed by atoms with van der Waals surface area (Å²) >= 11 is 5.25. The first-order valence-electron chi connectivity index (χ1n) is 10.2. The van der Waals surface area contributed by atoms with Gasteiger partial charge in [0.05, 0.1) is 11.4 Å². The lowest BCUT2D eigenvalue weighted by molar-refractivity contribution is -0.115. The Morgan fingerprint density at radius 3 is 2.90 bits per heavy atom. The molecule has 0 saturated carbocycles. The second kappa shape index (κ2) is 10.2. The Labute approximate surface area is 180 Å². The summed E-state index contributed by atoms with van der Waals surface area (Å²) in [5, 5.41) is 13.5. The van der Waals surface area contributed by atoms with Crippen molar-refractivity contribution in [1.82, 2.24) is 9.55 Å². The number of rotatable bonds is 7. The molecule has 0 radical (unpaired) electrons. The summed E-state index contributed by atoms with van der Waals surface area (Å²) in [5.74, 6) is -0.345. The van der Waals surface area contributed by atoms with Gasteiger partial charge in [0.25, 0.3) is 5.56 Å². The Hall–Kier alpha value is -3.00. The van der Waals surface area contributed by atoms with Gasteiger partial charge in [0.15, 0.2) is 4.77 Å². The molecule has 1 aliphatic rings. The van der Waals surface area contributed by atoms with Crippen molar-refractivity contribution < 1.29 is 9.90 Å². The van der Waals surface area contributed by atoms with Gasteiger partial charge in [-0.1, -0.05) is 30.7 Å². The summed E-state index contributed by atoms with van der Waals surface area (Å²) in [6.07, 6.45) is 9.21. The van der Waals surface area contributed by atoms with E-state index in [4.69, 9.17) is 12.2 Å². The third-order valence-corrected chi connectivity index (χ3v) is 5.40. The number of benzene rings is 1. The summed E-state index contributed by atoms with van der Waals surface area (Å²) in [6.45, 7) is 2.24. The fourth-order valence-corrected chi connectivity index (χ4v) is 3.62. The molecule has 0 bridgehead atoms. The highest BCUT2D eigenvalue weighted by atomic mass is 32.1. The van der Waals surface area contributed by atoms with Crippen LogP contribution in [-0.2, 0) is 11.3 Å². The molecule has 7 nitrogen and oxygen atoms in total. The minimum Gasteiger partial charge on any atom is -0.494 e. The first-order chi connectivity index (χ1) is 14.5. The molecular formula is C22H26N4O3S. The molecule has 1 heterocycles. The van der Waals surface area contributed by atoms with E-state index in [1.807, 2.05) is 0 Å². The van der Waals surface area contributed by atoms with E-state index in [1.54, 1.807) is 31.2 Å². The highest BCUT2D eigenvalue weighted by Crippen LogP contribution is 2.25. The number of aromatic nitrogens is 2. The number of aromatic hydroxyl groups is 1. The first-order valence-corrected chi connectivity index (χ1v) is 10.6. The van der Waals surface area contributed by atoms with Crippen LogP contribution >= 0.6 is 12.2 Å². The number of para-hydroxylation sites is 2. The maximum absolute atomic E-state index is 12.4. The molecule has 1 aromatic heterocycles. The van der Waals surface area contributed by atoms with Crippen LogP contribution in [0, 0.1) is 4.77 Å². The molecule has 0 fully saturated rings. The van der Waals surface area contributed by atoms with E-state index in [9.17, 15) is 14.7 Å². The number of hydrogen-bond donors (Lipinski definition) is 3. The van der Waals surface area contributed by atoms with Crippen molar-refractivity contribution in [3.05, 3.63) is 56.6 Å². The predicted octanol–water partition coefficient (Wildman–Crippen LogP) is 4.60. The predicted molar refractivity (Wildman–Crippen MR) is 121 cm³/mol. The van der Waals surface area contributed by atoms with Crippen molar-refractivity contribution in [2.24, 2.45) is 4.99 Å². The van der Waals surface area contributed by atoms with Crippen molar-refractivity contribution >= 4 is 35.7 Å². The molecular weight excluding hydrogens is 400 g/mol. The molecule has 3 rings (SSSR count). The molecule has 1 aliphatic carbocycles. The average molecular weight is 427 g/mol. The zero-order valence-electron chi connectivity index (χ0n) is 17.0. The zero-order valence-corrected chi connectivity index (χ0v) is 17.8. The van der Waals surface area contributed by atoms with Crippen LogP contribution in [0.3, 0.4) is 0 Å². The van der Waals surface area contributed by atoms with E-state index in [0.717, 1.165) is 19.3 Å². The number of aromatic amines is 1. The third kappa shape index (κ3) is 5.33. The second-order valence-electron chi connectivity index (χ2n) is 7.18. The molecule has 158 valence electrons. The Morgan fingerprint density at radius 1 is 1.37 bits per heavy atom. The van der Waals surface area contributed by atoms with Crippen LogP contribution in [-0.4, -0.2) is 26.8 Å². The Kier molecular flexibility index (Phi) is 7.35. The minimum absolute atomic E-state index is 0.0258. The summed E-state index contributed by atoms with van der Waals surface area (Å²) in [6, 6.07) is 7.02. The number of allylic oxidation sites excluding steroid dienone is 2. The van der Waals surface area contributed by atoms with Gasteiger partial charge in [0.1, 0.15) is 5.56 Å². The minimum atomic E-state index is -0.510. The van der Waals surface area contributed by atoms with E-state index in [1.165, 1.54) is 29.2 Å². The van der Waals surface area contributed by atoms with Gasteiger partial charge in [-0.15, -0.1) is 0 Å². The number of anilines is 1. The van der Waals surface area contributed by atoms with Gasteiger partial charge >= 0.3 is 0 Å². The Morgan fingerprint density at radius 2 is 2.17 bits per heavy atom. The fraction of sp³-hybridized carbons (Fsp3) is 0.364. The number of nitrogens with zero attached hydrogens (tertiary/aromatic N) is 2. The average Bonchev–Trinajstić information content (AvgIpc) is 2.75. The van der Waals surface area contributed by atoms with Gasteiger partial charge in [0.2, 0.25) is 11.8 Å². The topological polar surface area (TPSA) is 99.5 Å². The third-order valence-electron chi connectivity index (χ3n) is 5.08. The highest BCUT2D eigenvalue weighted by Gasteiger charge is 2.13. The first kappa shape index (κ1) is 21.7. The lowest BCUT2D eigenvalue weighted by Crippen LogP contribution is -2.19. The smallest absolute Gasteiger partial charge is 0.264 e. The second-order valence-corrected chi connectivity index (χ2v) is 7.57. The van der Waals surface area contributed by atoms with Crippen molar-refractivity contribution in [3.63, 3.8) is 0 Å². The summed E-state index contributed by atoms with van der Waals surface area (Å²) in [7, 11) is 0. The van der Waals surface area contributed by atoms with Gasteiger partial charge in [-0.2, -0.15) is 0 Å². The molecule has 30 heavy (non-hydrogen) atoms. The van der Waals surface area contributed by atoms with E-state index in [-0.39, 0.29) is 22.1 Å². The van der Waals surface area contributed by atoms with Crippen molar-refractivity contribution in [1.29, 1.82) is 0 Å². The lowest BCUT2D eigenvalue weighted by atomic mass is 9.97. The SMILES string of the molecule is CCC(=O)Nc1ccccc1N=Cc1c(O)n(CCC2=CCCCC2)c(=S)[nH]c1=O. The number of H-pyrrole nitrogens is 1. The van der Waals surface area contributed by atoms with Crippen molar-refractivity contribution in [2.45, 2.75) is 52.0 Å².